The molecule has 0 fully saturated rings. The van der Waals surface area contributed by atoms with Crippen LogP contribution in [-0.2, 0) is 6.61 Å². The zero-order valence-corrected chi connectivity index (χ0v) is 12.0. The van der Waals surface area contributed by atoms with E-state index in [9.17, 15) is 10.1 Å². The van der Waals surface area contributed by atoms with Crippen LogP contribution in [0.2, 0.25) is 5.02 Å². The fraction of sp³-hybridized carbons (Fsp3) is 0.0769. The topological polar surface area (TPSA) is 52.4 Å². The lowest BCUT2D eigenvalue weighted by atomic mass is 10.2. The van der Waals surface area contributed by atoms with Crippen molar-refractivity contribution in [3.8, 4) is 5.75 Å². The van der Waals surface area contributed by atoms with Crippen molar-refractivity contribution in [2.75, 3.05) is 0 Å². The highest BCUT2D eigenvalue weighted by Gasteiger charge is 2.15. The van der Waals surface area contributed by atoms with Crippen LogP contribution in [0.25, 0.3) is 0 Å². The smallest absolute Gasteiger partial charge is 0.312 e. The van der Waals surface area contributed by atoms with E-state index < -0.39 is 4.92 Å². The second kappa shape index (κ2) is 6.04. The summed E-state index contributed by atoms with van der Waals surface area (Å²) in [5.41, 5.74) is 0.779. The van der Waals surface area contributed by atoms with Crippen LogP contribution < -0.4 is 4.74 Å². The van der Waals surface area contributed by atoms with E-state index in [2.05, 4.69) is 15.9 Å². The van der Waals surface area contributed by atoms with Gasteiger partial charge in [-0.3, -0.25) is 10.1 Å². The number of ether oxygens (including phenoxy) is 1. The number of nitro benzene ring substituents is 1. The Labute approximate surface area is 123 Å². The van der Waals surface area contributed by atoms with Gasteiger partial charge in [0.2, 0.25) is 0 Å². The Morgan fingerprint density at radius 2 is 2.05 bits per heavy atom. The van der Waals surface area contributed by atoms with Gasteiger partial charge in [-0.15, -0.1) is 0 Å². The molecule has 0 atom stereocenters. The maximum Gasteiger partial charge on any atom is 0.312 e. The van der Waals surface area contributed by atoms with Crippen LogP contribution in [0.1, 0.15) is 5.56 Å². The van der Waals surface area contributed by atoms with Gasteiger partial charge in [0, 0.05) is 15.6 Å². The summed E-state index contributed by atoms with van der Waals surface area (Å²) < 4.78 is 6.40. The van der Waals surface area contributed by atoms with Crippen LogP contribution in [0.5, 0.6) is 5.75 Å². The van der Waals surface area contributed by atoms with E-state index in [0.29, 0.717) is 5.02 Å². The number of rotatable bonds is 4. The van der Waals surface area contributed by atoms with E-state index in [1.807, 2.05) is 24.3 Å². The molecule has 0 aliphatic rings. The van der Waals surface area contributed by atoms with Crippen LogP contribution in [-0.4, -0.2) is 4.92 Å². The molecule has 6 heteroatoms. The zero-order chi connectivity index (χ0) is 13.8. The molecule has 4 nitrogen and oxygen atoms in total. The number of nitrogens with zero attached hydrogens (tertiary/aromatic N) is 1. The molecule has 0 radical (unpaired) electrons. The molecule has 0 bridgehead atoms. The van der Waals surface area contributed by atoms with Gasteiger partial charge >= 0.3 is 5.69 Å². The van der Waals surface area contributed by atoms with Gasteiger partial charge in [0.1, 0.15) is 6.61 Å². The van der Waals surface area contributed by atoms with E-state index in [-0.39, 0.29) is 18.0 Å². The number of hydrogen-bond donors (Lipinski definition) is 0. The fourth-order valence-electron chi connectivity index (χ4n) is 1.54. The van der Waals surface area contributed by atoms with E-state index in [1.165, 1.54) is 12.1 Å². The molecule has 2 aromatic carbocycles. The molecule has 2 rings (SSSR count). The monoisotopic (exact) mass is 341 g/mol. The van der Waals surface area contributed by atoms with Crippen LogP contribution >= 0.6 is 27.5 Å². The molecular weight excluding hydrogens is 334 g/mol. The Morgan fingerprint density at radius 3 is 2.74 bits per heavy atom. The Bertz CT molecular complexity index is 619. The first-order valence-electron chi connectivity index (χ1n) is 5.37. The number of benzene rings is 2. The van der Waals surface area contributed by atoms with Gasteiger partial charge in [-0.1, -0.05) is 39.7 Å². The average Bonchev–Trinajstić information content (AvgIpc) is 2.37. The summed E-state index contributed by atoms with van der Waals surface area (Å²) in [7, 11) is 0. The summed E-state index contributed by atoms with van der Waals surface area (Å²) in [6.45, 7) is 0.252. The van der Waals surface area contributed by atoms with Crippen molar-refractivity contribution in [3.63, 3.8) is 0 Å². The molecule has 0 N–H and O–H groups in total. The predicted octanol–water partition coefficient (Wildman–Crippen LogP) is 4.59. The highest BCUT2D eigenvalue weighted by molar-refractivity contribution is 9.10. The maximum atomic E-state index is 10.9. The molecular formula is C13H9BrClNO3. The molecule has 0 spiro atoms. The molecule has 0 saturated carbocycles. The summed E-state index contributed by atoms with van der Waals surface area (Å²) in [4.78, 5) is 10.4. The first kappa shape index (κ1) is 13.8. The van der Waals surface area contributed by atoms with Gasteiger partial charge in [-0.2, -0.15) is 0 Å². The number of nitro groups is 1. The Kier molecular flexibility index (Phi) is 4.39. The van der Waals surface area contributed by atoms with Gasteiger partial charge in [-0.25, -0.2) is 0 Å². The maximum absolute atomic E-state index is 10.9. The van der Waals surface area contributed by atoms with E-state index in [4.69, 9.17) is 16.3 Å². The van der Waals surface area contributed by atoms with Gasteiger partial charge < -0.3 is 4.74 Å². The number of halogens is 2. The summed E-state index contributed by atoms with van der Waals surface area (Å²) in [6.07, 6.45) is 0. The van der Waals surface area contributed by atoms with Crippen LogP contribution in [0.3, 0.4) is 0 Å². The summed E-state index contributed by atoms with van der Waals surface area (Å²) >= 11 is 9.09. The van der Waals surface area contributed by atoms with Crippen LogP contribution in [0.4, 0.5) is 5.69 Å². The van der Waals surface area contributed by atoms with Crippen molar-refractivity contribution in [3.05, 3.63) is 67.6 Å². The fourth-order valence-corrected chi connectivity index (χ4v) is 2.16. The largest absolute Gasteiger partial charge is 0.482 e. The van der Waals surface area contributed by atoms with E-state index >= 15 is 0 Å². The normalized spacial score (nSPS) is 10.2. The summed E-state index contributed by atoms with van der Waals surface area (Å²) in [6, 6.07) is 11.9. The Hall–Kier alpha value is -1.59. The van der Waals surface area contributed by atoms with Crippen molar-refractivity contribution in [1.82, 2.24) is 0 Å². The molecule has 0 aromatic heterocycles. The lowest BCUT2D eigenvalue weighted by molar-refractivity contribution is -0.385. The van der Waals surface area contributed by atoms with Crippen molar-refractivity contribution in [2.45, 2.75) is 6.61 Å². The minimum absolute atomic E-state index is 0.137. The van der Waals surface area contributed by atoms with Crippen molar-refractivity contribution < 1.29 is 9.66 Å². The minimum Gasteiger partial charge on any atom is -0.482 e. The molecule has 0 aliphatic carbocycles. The molecule has 98 valence electrons. The first-order valence-corrected chi connectivity index (χ1v) is 6.54. The summed E-state index contributed by atoms with van der Waals surface area (Å²) in [5, 5.41) is 11.2. The molecule has 19 heavy (non-hydrogen) atoms. The quantitative estimate of drug-likeness (QED) is 0.603. The zero-order valence-electron chi connectivity index (χ0n) is 9.68. The second-order valence-corrected chi connectivity index (χ2v) is 5.14. The molecule has 0 amide bonds. The van der Waals surface area contributed by atoms with Gasteiger partial charge in [-0.05, 0) is 29.8 Å². The van der Waals surface area contributed by atoms with Crippen LogP contribution in [0.15, 0.2) is 46.9 Å². The molecule has 2 aromatic rings. The van der Waals surface area contributed by atoms with Crippen molar-refractivity contribution in [2.24, 2.45) is 0 Å². The SMILES string of the molecule is O=[N+]([O-])c1cc(Cl)ccc1OCc1cccc(Br)c1. The molecule has 0 heterocycles. The van der Waals surface area contributed by atoms with Gasteiger partial charge in [0.25, 0.3) is 0 Å². The lowest BCUT2D eigenvalue weighted by Crippen LogP contribution is -1.99. The molecule has 0 saturated heterocycles. The molecule has 0 unspecified atom stereocenters. The third-order valence-corrected chi connectivity index (χ3v) is 3.13. The number of hydrogen-bond acceptors (Lipinski definition) is 3. The lowest BCUT2D eigenvalue weighted by Gasteiger charge is -2.07. The Morgan fingerprint density at radius 1 is 1.26 bits per heavy atom. The van der Waals surface area contributed by atoms with Crippen LogP contribution in [0, 0.1) is 10.1 Å². The highest BCUT2D eigenvalue weighted by Crippen LogP contribution is 2.30. The average molecular weight is 343 g/mol. The van der Waals surface area contributed by atoms with Crippen molar-refractivity contribution >= 4 is 33.2 Å². The Balaban J connectivity index is 2.17. The van der Waals surface area contributed by atoms with E-state index in [0.717, 1.165) is 10.0 Å². The first-order chi connectivity index (χ1) is 9.06. The third kappa shape index (κ3) is 3.68. The predicted molar refractivity (Wildman–Crippen MR) is 76.6 cm³/mol. The standard InChI is InChI=1S/C13H9BrClNO3/c14-10-3-1-2-9(6-10)8-19-13-5-4-11(15)7-12(13)16(17)18/h1-7H,8H2. The van der Waals surface area contributed by atoms with Gasteiger partial charge in [0.05, 0.1) is 4.92 Å². The summed E-state index contributed by atoms with van der Waals surface area (Å²) in [5.74, 6) is 0.203. The minimum atomic E-state index is -0.512. The third-order valence-electron chi connectivity index (χ3n) is 2.40. The second-order valence-electron chi connectivity index (χ2n) is 3.79. The van der Waals surface area contributed by atoms with Crippen molar-refractivity contribution in [1.29, 1.82) is 0 Å². The molecule has 0 aliphatic heterocycles. The van der Waals surface area contributed by atoms with Gasteiger partial charge in [0.15, 0.2) is 5.75 Å². The highest BCUT2D eigenvalue weighted by atomic mass is 79.9. The van der Waals surface area contributed by atoms with E-state index in [1.54, 1.807) is 6.07 Å².